The Morgan fingerprint density at radius 1 is 1.15 bits per heavy atom. The van der Waals surface area contributed by atoms with E-state index in [-0.39, 0.29) is 0 Å². The molecule has 2 aromatic rings. The molecule has 0 atom stereocenters. The average molecular weight is 366 g/mol. The van der Waals surface area contributed by atoms with Gasteiger partial charge >= 0.3 is 0 Å². The van der Waals surface area contributed by atoms with Gasteiger partial charge in [-0.15, -0.1) is 0 Å². The van der Waals surface area contributed by atoms with Crippen LogP contribution in [0.25, 0.3) is 6.08 Å². The van der Waals surface area contributed by atoms with Gasteiger partial charge in [-0.1, -0.05) is 19.1 Å². The van der Waals surface area contributed by atoms with Gasteiger partial charge in [0.15, 0.2) is 11.5 Å². The van der Waals surface area contributed by atoms with Crippen LogP contribution in [0.2, 0.25) is 0 Å². The summed E-state index contributed by atoms with van der Waals surface area (Å²) in [4.78, 5) is 13.6. The molecule has 6 heteroatoms. The first kappa shape index (κ1) is 17.8. The Kier molecular flexibility index (Phi) is 5.25. The topological polar surface area (TPSA) is 50.7 Å². The predicted molar refractivity (Wildman–Crippen MR) is 107 cm³/mol. The molecule has 1 saturated heterocycles. The molecule has 0 N–H and O–H groups in total. The summed E-state index contributed by atoms with van der Waals surface area (Å²) >= 11 is 0. The number of hydrogen-bond donors (Lipinski definition) is 0. The van der Waals surface area contributed by atoms with Crippen LogP contribution in [0.3, 0.4) is 0 Å². The van der Waals surface area contributed by atoms with Crippen molar-refractivity contribution in [3.8, 4) is 11.5 Å². The number of ether oxygens (including phenoxy) is 2. The fraction of sp³-hybridized carbons (Fsp3) is 0.429. The standard InChI is InChI=1S/C21H26N4O2/c1-3-18-12-20(23-15-22-18)25-9-7-24(8-10-25)13-16-11-17-5-4-6-19(26-2)21(17)27-14-16/h4-6,11-12,15H,3,7-10,13-14H2,1-2H3. The number of nitrogens with zero attached hydrogens (tertiary/aromatic N) is 4. The zero-order valence-electron chi connectivity index (χ0n) is 16.0. The van der Waals surface area contributed by atoms with E-state index in [1.807, 2.05) is 12.1 Å². The lowest BCUT2D eigenvalue weighted by Crippen LogP contribution is -2.47. The van der Waals surface area contributed by atoms with Crippen LogP contribution >= 0.6 is 0 Å². The van der Waals surface area contributed by atoms with Crippen molar-refractivity contribution in [2.75, 3.05) is 51.3 Å². The van der Waals surface area contributed by atoms with E-state index in [9.17, 15) is 0 Å². The summed E-state index contributed by atoms with van der Waals surface area (Å²) < 4.78 is 11.4. The molecule has 0 bridgehead atoms. The maximum absolute atomic E-state index is 5.97. The molecule has 1 fully saturated rings. The molecular weight excluding hydrogens is 340 g/mol. The zero-order valence-corrected chi connectivity index (χ0v) is 16.0. The minimum Gasteiger partial charge on any atom is -0.493 e. The van der Waals surface area contributed by atoms with Crippen LogP contribution in [0, 0.1) is 0 Å². The largest absolute Gasteiger partial charge is 0.493 e. The first-order valence-corrected chi connectivity index (χ1v) is 9.54. The molecule has 4 rings (SSSR count). The molecule has 0 radical (unpaired) electrons. The molecule has 2 aliphatic rings. The highest BCUT2D eigenvalue weighted by atomic mass is 16.5. The van der Waals surface area contributed by atoms with Gasteiger partial charge in [0.25, 0.3) is 0 Å². The van der Waals surface area contributed by atoms with E-state index in [2.05, 4.69) is 44.9 Å². The van der Waals surface area contributed by atoms with Crippen LogP contribution in [0.1, 0.15) is 18.2 Å². The number of hydrogen-bond acceptors (Lipinski definition) is 6. The molecule has 142 valence electrons. The maximum atomic E-state index is 5.97. The highest BCUT2D eigenvalue weighted by Crippen LogP contribution is 2.35. The molecule has 27 heavy (non-hydrogen) atoms. The predicted octanol–water partition coefficient (Wildman–Crippen LogP) is 2.65. The molecule has 0 unspecified atom stereocenters. The van der Waals surface area contributed by atoms with Gasteiger partial charge in [0.1, 0.15) is 18.8 Å². The molecular formula is C21H26N4O2. The van der Waals surface area contributed by atoms with E-state index in [4.69, 9.17) is 9.47 Å². The highest BCUT2D eigenvalue weighted by molar-refractivity contribution is 5.66. The Labute approximate surface area is 160 Å². The molecule has 0 amide bonds. The van der Waals surface area contributed by atoms with Gasteiger partial charge in [0.2, 0.25) is 0 Å². The molecule has 6 nitrogen and oxygen atoms in total. The fourth-order valence-electron chi connectivity index (χ4n) is 3.65. The summed E-state index contributed by atoms with van der Waals surface area (Å²) in [6.45, 7) is 7.70. The minimum absolute atomic E-state index is 0.624. The van der Waals surface area contributed by atoms with Crippen molar-refractivity contribution in [1.82, 2.24) is 14.9 Å². The van der Waals surface area contributed by atoms with E-state index < -0.39 is 0 Å². The highest BCUT2D eigenvalue weighted by Gasteiger charge is 2.21. The van der Waals surface area contributed by atoms with E-state index >= 15 is 0 Å². The Hall–Kier alpha value is -2.60. The van der Waals surface area contributed by atoms with Crippen molar-refractivity contribution in [1.29, 1.82) is 0 Å². The summed E-state index contributed by atoms with van der Waals surface area (Å²) in [5.74, 6) is 2.69. The van der Waals surface area contributed by atoms with Crippen molar-refractivity contribution >= 4 is 11.9 Å². The molecule has 0 saturated carbocycles. The maximum Gasteiger partial charge on any atom is 0.168 e. The Bertz CT molecular complexity index is 829. The van der Waals surface area contributed by atoms with E-state index in [1.54, 1.807) is 13.4 Å². The lowest BCUT2D eigenvalue weighted by Gasteiger charge is -2.36. The molecule has 0 spiro atoms. The second-order valence-electron chi connectivity index (χ2n) is 6.95. The Balaban J connectivity index is 1.37. The van der Waals surface area contributed by atoms with Gasteiger partial charge < -0.3 is 14.4 Å². The SMILES string of the molecule is CCc1cc(N2CCN(CC3=Cc4cccc(OC)c4OC3)CC2)ncn1. The summed E-state index contributed by atoms with van der Waals surface area (Å²) in [5.41, 5.74) is 3.50. The normalized spacial score (nSPS) is 17.1. The Morgan fingerprint density at radius 3 is 2.78 bits per heavy atom. The van der Waals surface area contributed by atoms with E-state index in [1.165, 1.54) is 5.57 Å². The number of piperazine rings is 1. The lowest BCUT2D eigenvalue weighted by atomic mass is 10.1. The van der Waals surface area contributed by atoms with Crippen LogP contribution in [0.4, 0.5) is 5.82 Å². The number of para-hydroxylation sites is 1. The molecule has 2 aliphatic heterocycles. The van der Waals surface area contributed by atoms with Crippen molar-refractivity contribution in [3.63, 3.8) is 0 Å². The third kappa shape index (κ3) is 3.90. The van der Waals surface area contributed by atoms with Crippen LogP contribution in [-0.2, 0) is 6.42 Å². The lowest BCUT2D eigenvalue weighted by molar-refractivity contribution is 0.256. The van der Waals surface area contributed by atoms with Gasteiger partial charge in [-0.2, -0.15) is 0 Å². The Morgan fingerprint density at radius 2 is 2.00 bits per heavy atom. The van der Waals surface area contributed by atoms with Crippen LogP contribution in [0.15, 0.2) is 36.2 Å². The van der Waals surface area contributed by atoms with E-state index in [0.29, 0.717) is 6.61 Å². The molecule has 0 aliphatic carbocycles. The van der Waals surface area contributed by atoms with Gasteiger partial charge in [0.05, 0.1) is 7.11 Å². The number of fused-ring (bicyclic) bond motifs is 1. The first-order valence-electron chi connectivity index (χ1n) is 9.54. The monoisotopic (exact) mass is 366 g/mol. The van der Waals surface area contributed by atoms with Crippen LogP contribution in [-0.4, -0.2) is 61.3 Å². The first-order chi connectivity index (χ1) is 13.3. The van der Waals surface area contributed by atoms with Gasteiger partial charge in [-0.3, -0.25) is 4.90 Å². The zero-order chi connectivity index (χ0) is 18.6. The van der Waals surface area contributed by atoms with Crippen LogP contribution in [0.5, 0.6) is 11.5 Å². The van der Waals surface area contributed by atoms with Crippen molar-refractivity contribution < 1.29 is 9.47 Å². The van der Waals surface area contributed by atoms with Crippen molar-refractivity contribution in [3.05, 3.63) is 47.4 Å². The number of methoxy groups -OCH3 is 1. The average Bonchev–Trinajstić information content (AvgIpc) is 2.73. The summed E-state index contributed by atoms with van der Waals surface area (Å²) in [5, 5.41) is 0. The molecule has 3 heterocycles. The smallest absolute Gasteiger partial charge is 0.168 e. The molecule has 1 aromatic carbocycles. The fourth-order valence-corrected chi connectivity index (χ4v) is 3.65. The number of aromatic nitrogens is 2. The van der Waals surface area contributed by atoms with Gasteiger partial charge in [-0.25, -0.2) is 9.97 Å². The number of benzene rings is 1. The summed E-state index contributed by atoms with van der Waals surface area (Å²) in [7, 11) is 1.68. The minimum atomic E-state index is 0.624. The quantitative estimate of drug-likeness (QED) is 0.811. The number of anilines is 1. The second kappa shape index (κ2) is 7.96. The third-order valence-corrected chi connectivity index (χ3v) is 5.19. The van der Waals surface area contributed by atoms with Crippen molar-refractivity contribution in [2.24, 2.45) is 0 Å². The molecule has 1 aromatic heterocycles. The van der Waals surface area contributed by atoms with Gasteiger partial charge in [-0.05, 0) is 24.1 Å². The van der Waals surface area contributed by atoms with Crippen LogP contribution < -0.4 is 14.4 Å². The third-order valence-electron chi connectivity index (χ3n) is 5.19. The van der Waals surface area contributed by atoms with Gasteiger partial charge in [0, 0.05) is 50.0 Å². The number of aryl methyl sites for hydroxylation is 1. The van der Waals surface area contributed by atoms with E-state index in [0.717, 1.165) is 67.7 Å². The summed E-state index contributed by atoms with van der Waals surface area (Å²) in [6, 6.07) is 8.13. The second-order valence-corrected chi connectivity index (χ2v) is 6.95. The number of rotatable bonds is 5. The van der Waals surface area contributed by atoms with Crippen molar-refractivity contribution in [2.45, 2.75) is 13.3 Å². The summed E-state index contributed by atoms with van der Waals surface area (Å²) in [6.07, 6.45) is 4.86.